The van der Waals surface area contributed by atoms with E-state index in [-0.39, 0.29) is 4.90 Å². The van der Waals surface area contributed by atoms with E-state index in [9.17, 15) is 8.42 Å². The number of hydrogen-bond donors (Lipinski definition) is 0. The van der Waals surface area contributed by atoms with Gasteiger partial charge in [-0.3, -0.25) is 0 Å². The van der Waals surface area contributed by atoms with Crippen LogP contribution in [0.5, 0.6) is 0 Å². The normalized spacial score (nSPS) is 11.4. The standard InChI is InChI=1S/C12H14N2O2S/c1-14(2)7-6-11-5-4-10(9-13)8-12(11)17(3,15)16/h4-8H,1-3H3. The molecule has 0 aliphatic heterocycles. The Morgan fingerprint density at radius 2 is 2.00 bits per heavy atom. The van der Waals surface area contributed by atoms with Crippen LogP contribution < -0.4 is 0 Å². The maximum absolute atomic E-state index is 11.6. The van der Waals surface area contributed by atoms with Crippen molar-refractivity contribution in [3.8, 4) is 6.07 Å². The zero-order valence-corrected chi connectivity index (χ0v) is 10.8. The van der Waals surface area contributed by atoms with Gasteiger partial charge in [-0.25, -0.2) is 8.42 Å². The van der Waals surface area contributed by atoms with Crippen molar-refractivity contribution in [2.75, 3.05) is 20.4 Å². The molecular formula is C12H14N2O2S. The molecular weight excluding hydrogens is 236 g/mol. The van der Waals surface area contributed by atoms with Crippen molar-refractivity contribution >= 4 is 15.9 Å². The molecule has 0 aromatic heterocycles. The molecule has 0 N–H and O–H groups in total. The van der Waals surface area contributed by atoms with E-state index in [1.54, 1.807) is 24.4 Å². The van der Waals surface area contributed by atoms with Gasteiger partial charge < -0.3 is 4.90 Å². The highest BCUT2D eigenvalue weighted by molar-refractivity contribution is 7.90. The van der Waals surface area contributed by atoms with Crippen LogP contribution in [-0.2, 0) is 9.84 Å². The Balaban J connectivity index is 3.37. The van der Waals surface area contributed by atoms with Gasteiger partial charge in [-0.05, 0) is 30.0 Å². The topological polar surface area (TPSA) is 61.2 Å². The largest absolute Gasteiger partial charge is 0.383 e. The lowest BCUT2D eigenvalue weighted by atomic mass is 10.1. The number of nitrogens with zero attached hydrogens (tertiary/aromatic N) is 2. The molecule has 1 aromatic rings. The highest BCUT2D eigenvalue weighted by atomic mass is 32.2. The van der Waals surface area contributed by atoms with Gasteiger partial charge in [0.2, 0.25) is 0 Å². The van der Waals surface area contributed by atoms with Crippen molar-refractivity contribution in [2.45, 2.75) is 4.90 Å². The SMILES string of the molecule is CN(C)C=Cc1ccc(C#N)cc1S(C)(=O)=O. The van der Waals surface area contributed by atoms with E-state index >= 15 is 0 Å². The van der Waals surface area contributed by atoms with Crippen molar-refractivity contribution in [2.24, 2.45) is 0 Å². The Morgan fingerprint density at radius 1 is 1.35 bits per heavy atom. The van der Waals surface area contributed by atoms with Gasteiger partial charge in [0.1, 0.15) is 0 Å². The van der Waals surface area contributed by atoms with Crippen LogP contribution in [0.15, 0.2) is 29.3 Å². The van der Waals surface area contributed by atoms with Crippen LogP contribution in [0.25, 0.3) is 6.08 Å². The van der Waals surface area contributed by atoms with Crippen molar-refractivity contribution in [1.29, 1.82) is 5.26 Å². The molecule has 4 nitrogen and oxygen atoms in total. The van der Waals surface area contributed by atoms with Crippen LogP contribution in [0.2, 0.25) is 0 Å². The third-order valence-electron chi connectivity index (χ3n) is 2.09. The lowest BCUT2D eigenvalue weighted by Crippen LogP contribution is -2.03. The first-order valence-corrected chi connectivity index (χ1v) is 6.82. The molecule has 0 amide bonds. The number of nitriles is 1. The molecule has 0 aliphatic carbocycles. The molecule has 0 saturated heterocycles. The molecule has 0 spiro atoms. The smallest absolute Gasteiger partial charge is 0.176 e. The van der Waals surface area contributed by atoms with E-state index in [1.807, 2.05) is 25.1 Å². The Morgan fingerprint density at radius 3 is 2.47 bits per heavy atom. The molecule has 0 bridgehead atoms. The average Bonchev–Trinajstić information content (AvgIpc) is 2.24. The summed E-state index contributed by atoms with van der Waals surface area (Å²) >= 11 is 0. The molecule has 1 rings (SSSR count). The van der Waals surface area contributed by atoms with E-state index in [0.717, 1.165) is 6.26 Å². The van der Waals surface area contributed by atoms with E-state index in [1.165, 1.54) is 6.07 Å². The molecule has 0 radical (unpaired) electrons. The second-order valence-corrected chi connectivity index (χ2v) is 5.90. The van der Waals surface area contributed by atoms with E-state index in [2.05, 4.69) is 0 Å². The highest BCUT2D eigenvalue weighted by Crippen LogP contribution is 2.19. The summed E-state index contributed by atoms with van der Waals surface area (Å²) < 4.78 is 23.2. The Kier molecular flexibility index (Phi) is 3.92. The molecule has 0 saturated carbocycles. The zero-order valence-electron chi connectivity index (χ0n) is 10.0. The van der Waals surface area contributed by atoms with Gasteiger partial charge in [0.15, 0.2) is 9.84 Å². The second kappa shape index (κ2) is 5.02. The molecule has 0 fully saturated rings. The van der Waals surface area contributed by atoms with Crippen molar-refractivity contribution in [3.63, 3.8) is 0 Å². The average molecular weight is 250 g/mol. The van der Waals surface area contributed by atoms with Crippen molar-refractivity contribution in [1.82, 2.24) is 4.90 Å². The summed E-state index contributed by atoms with van der Waals surface area (Å²) in [6, 6.07) is 6.56. The molecule has 0 heterocycles. The van der Waals surface area contributed by atoms with Gasteiger partial charge >= 0.3 is 0 Å². The molecule has 17 heavy (non-hydrogen) atoms. The predicted molar refractivity (Wildman–Crippen MR) is 67.0 cm³/mol. The quantitative estimate of drug-likeness (QED) is 0.815. The Bertz CT molecular complexity index is 581. The molecule has 90 valence electrons. The number of hydrogen-bond acceptors (Lipinski definition) is 4. The van der Waals surface area contributed by atoms with Gasteiger partial charge in [0.05, 0.1) is 16.5 Å². The summed E-state index contributed by atoms with van der Waals surface area (Å²) in [4.78, 5) is 1.99. The van der Waals surface area contributed by atoms with Gasteiger partial charge in [-0.1, -0.05) is 6.07 Å². The summed E-state index contributed by atoms with van der Waals surface area (Å²) in [6.07, 6.45) is 4.60. The van der Waals surface area contributed by atoms with E-state index in [0.29, 0.717) is 11.1 Å². The number of rotatable bonds is 3. The second-order valence-electron chi connectivity index (χ2n) is 3.92. The predicted octanol–water partition coefficient (Wildman–Crippen LogP) is 1.49. The molecule has 1 aromatic carbocycles. The number of benzene rings is 1. The number of sulfone groups is 1. The first kappa shape index (κ1) is 13.3. The van der Waals surface area contributed by atoms with Crippen LogP contribution in [0.1, 0.15) is 11.1 Å². The zero-order chi connectivity index (χ0) is 13.1. The van der Waals surface area contributed by atoms with Gasteiger partial charge in [-0.15, -0.1) is 0 Å². The first-order chi connectivity index (χ1) is 7.84. The molecule has 0 atom stereocenters. The highest BCUT2D eigenvalue weighted by Gasteiger charge is 2.12. The fraction of sp³-hybridized carbons (Fsp3) is 0.250. The summed E-state index contributed by atoms with van der Waals surface area (Å²) in [5.74, 6) is 0. The lowest BCUT2D eigenvalue weighted by molar-refractivity contribution is 0.567. The minimum absolute atomic E-state index is 0.176. The van der Waals surface area contributed by atoms with Gasteiger partial charge in [0, 0.05) is 20.4 Å². The minimum Gasteiger partial charge on any atom is -0.383 e. The van der Waals surface area contributed by atoms with Crippen LogP contribution in [-0.4, -0.2) is 33.7 Å². The van der Waals surface area contributed by atoms with Crippen molar-refractivity contribution < 1.29 is 8.42 Å². The van der Waals surface area contributed by atoms with E-state index in [4.69, 9.17) is 5.26 Å². The molecule has 5 heteroatoms. The Labute approximate surface area is 102 Å². The summed E-state index contributed by atoms with van der Waals surface area (Å²) in [5.41, 5.74) is 0.924. The first-order valence-electron chi connectivity index (χ1n) is 4.93. The molecule has 0 aliphatic rings. The monoisotopic (exact) mass is 250 g/mol. The van der Waals surface area contributed by atoms with Crippen LogP contribution in [0, 0.1) is 11.3 Å². The third-order valence-corrected chi connectivity index (χ3v) is 3.25. The maximum atomic E-state index is 11.6. The van der Waals surface area contributed by atoms with Gasteiger partial charge in [-0.2, -0.15) is 5.26 Å². The van der Waals surface area contributed by atoms with Gasteiger partial charge in [0.25, 0.3) is 0 Å². The summed E-state index contributed by atoms with van der Waals surface area (Å²) in [5, 5.41) is 8.77. The summed E-state index contributed by atoms with van der Waals surface area (Å²) in [6.45, 7) is 0. The van der Waals surface area contributed by atoms with Crippen LogP contribution in [0.4, 0.5) is 0 Å². The summed E-state index contributed by atoms with van der Waals surface area (Å²) in [7, 11) is 0.360. The Hall–Kier alpha value is -1.80. The third kappa shape index (κ3) is 3.61. The van der Waals surface area contributed by atoms with Crippen LogP contribution in [0.3, 0.4) is 0 Å². The fourth-order valence-electron chi connectivity index (χ4n) is 1.29. The maximum Gasteiger partial charge on any atom is 0.176 e. The molecule has 0 unspecified atom stereocenters. The van der Waals surface area contributed by atoms with E-state index < -0.39 is 9.84 Å². The fourth-order valence-corrected chi connectivity index (χ4v) is 2.20. The minimum atomic E-state index is -3.33. The lowest BCUT2D eigenvalue weighted by Gasteiger charge is -2.07. The van der Waals surface area contributed by atoms with Crippen molar-refractivity contribution in [3.05, 3.63) is 35.5 Å². The van der Waals surface area contributed by atoms with Crippen LogP contribution >= 0.6 is 0 Å².